The Hall–Kier alpha value is -3.22. The van der Waals surface area contributed by atoms with Gasteiger partial charge in [-0.3, -0.25) is 9.59 Å². The van der Waals surface area contributed by atoms with Crippen molar-refractivity contribution in [1.29, 1.82) is 0 Å². The molecule has 0 aliphatic carbocycles. The molecule has 0 aromatic heterocycles. The van der Waals surface area contributed by atoms with E-state index in [0.29, 0.717) is 23.6 Å². The highest BCUT2D eigenvalue weighted by Gasteiger charge is 2.28. The van der Waals surface area contributed by atoms with Crippen molar-refractivity contribution in [2.24, 2.45) is 0 Å². The highest BCUT2D eigenvalue weighted by Crippen LogP contribution is 2.35. The van der Waals surface area contributed by atoms with E-state index in [9.17, 15) is 14.7 Å². The average molecular weight is 369 g/mol. The minimum absolute atomic E-state index is 0.0243. The molecule has 7 heteroatoms. The zero-order valence-corrected chi connectivity index (χ0v) is 15.6. The lowest BCUT2D eigenvalue weighted by Crippen LogP contribution is -2.42. The summed E-state index contributed by atoms with van der Waals surface area (Å²) in [5.74, 6) is 0.396. The summed E-state index contributed by atoms with van der Waals surface area (Å²) >= 11 is 0. The van der Waals surface area contributed by atoms with Crippen molar-refractivity contribution >= 4 is 23.2 Å². The first kappa shape index (κ1) is 18.6. The molecule has 0 bridgehead atoms. The molecule has 0 fully saturated rings. The molecular formula is C20H23N3O4. The molecule has 1 aliphatic heterocycles. The van der Waals surface area contributed by atoms with Gasteiger partial charge in [0.2, 0.25) is 5.91 Å². The minimum atomic E-state index is -0.221. The predicted octanol–water partition coefficient (Wildman–Crippen LogP) is 2.32. The highest BCUT2D eigenvalue weighted by atomic mass is 16.5. The summed E-state index contributed by atoms with van der Waals surface area (Å²) in [6.45, 7) is 0.360. The fraction of sp³-hybridized carbons (Fsp3) is 0.300. The monoisotopic (exact) mass is 369 g/mol. The number of amides is 2. The number of aromatic hydroxyl groups is 1. The van der Waals surface area contributed by atoms with Gasteiger partial charge in [0.15, 0.2) is 0 Å². The topological polar surface area (TPSA) is 82.1 Å². The number of nitrogens with zero attached hydrogens (tertiary/aromatic N) is 2. The van der Waals surface area contributed by atoms with E-state index in [2.05, 4.69) is 5.32 Å². The Bertz CT molecular complexity index is 866. The molecule has 2 N–H and O–H groups in total. The molecule has 2 aromatic carbocycles. The number of para-hydroxylation sites is 2. The number of hydrogen-bond acceptors (Lipinski definition) is 5. The van der Waals surface area contributed by atoms with Crippen LogP contribution in [0, 0.1) is 0 Å². The second kappa shape index (κ2) is 7.57. The molecule has 142 valence electrons. The van der Waals surface area contributed by atoms with Crippen LogP contribution in [-0.4, -0.2) is 55.6 Å². The molecule has 2 aromatic rings. The Labute approximate surface area is 158 Å². The molecule has 0 radical (unpaired) electrons. The lowest BCUT2D eigenvalue weighted by atomic mass is 10.1. The minimum Gasteiger partial charge on any atom is -0.506 e. The molecule has 0 saturated carbocycles. The number of anilines is 2. The van der Waals surface area contributed by atoms with E-state index in [-0.39, 0.29) is 30.0 Å². The van der Waals surface area contributed by atoms with Crippen molar-refractivity contribution in [1.82, 2.24) is 4.90 Å². The van der Waals surface area contributed by atoms with Gasteiger partial charge in [-0.2, -0.15) is 0 Å². The van der Waals surface area contributed by atoms with E-state index < -0.39 is 0 Å². The van der Waals surface area contributed by atoms with Crippen molar-refractivity contribution in [3.8, 4) is 11.5 Å². The summed E-state index contributed by atoms with van der Waals surface area (Å²) in [5, 5.41) is 12.5. The molecule has 1 aliphatic rings. The maximum Gasteiger partial charge on any atom is 0.253 e. The van der Waals surface area contributed by atoms with Crippen molar-refractivity contribution in [2.75, 3.05) is 38.0 Å². The van der Waals surface area contributed by atoms with Gasteiger partial charge in [-0.1, -0.05) is 12.1 Å². The van der Waals surface area contributed by atoms with Crippen LogP contribution in [0.1, 0.15) is 16.8 Å². The van der Waals surface area contributed by atoms with Crippen LogP contribution in [-0.2, 0) is 4.79 Å². The summed E-state index contributed by atoms with van der Waals surface area (Å²) in [7, 11) is 5.28. The molecule has 0 saturated heterocycles. The highest BCUT2D eigenvalue weighted by molar-refractivity contribution is 5.96. The van der Waals surface area contributed by atoms with Gasteiger partial charge in [0.05, 0.1) is 23.8 Å². The third-order valence-electron chi connectivity index (χ3n) is 4.57. The quantitative estimate of drug-likeness (QED) is 0.809. The second-order valence-corrected chi connectivity index (χ2v) is 6.73. The zero-order chi connectivity index (χ0) is 19.6. The van der Waals surface area contributed by atoms with E-state index >= 15 is 0 Å². The number of carbonyl (C=O) groups is 2. The van der Waals surface area contributed by atoms with Crippen LogP contribution in [0.15, 0.2) is 42.5 Å². The molecule has 0 spiro atoms. The van der Waals surface area contributed by atoms with Gasteiger partial charge in [-0.25, -0.2) is 0 Å². The van der Waals surface area contributed by atoms with E-state index in [1.807, 2.05) is 11.9 Å². The number of hydrogen-bond donors (Lipinski definition) is 2. The van der Waals surface area contributed by atoms with E-state index in [1.165, 1.54) is 11.0 Å². The van der Waals surface area contributed by atoms with Crippen LogP contribution < -0.4 is 15.0 Å². The van der Waals surface area contributed by atoms with Crippen LogP contribution in [0.5, 0.6) is 11.5 Å². The molecule has 1 atom stereocenters. The van der Waals surface area contributed by atoms with Crippen molar-refractivity contribution in [2.45, 2.75) is 12.5 Å². The van der Waals surface area contributed by atoms with Crippen LogP contribution in [0.3, 0.4) is 0 Å². The molecule has 1 unspecified atom stereocenters. The van der Waals surface area contributed by atoms with E-state index in [1.54, 1.807) is 50.5 Å². The standard InChI is InChI=1S/C20H23N3O4/c1-22(2)20(26)13-8-9-18-16(10-13)23(3)14(12-27-18)11-19(25)21-15-6-4-5-7-17(15)24/h4-10,14,24H,11-12H2,1-3H3,(H,21,25). The van der Waals surface area contributed by atoms with Gasteiger partial charge >= 0.3 is 0 Å². The van der Waals surface area contributed by atoms with E-state index in [0.717, 1.165) is 5.69 Å². The van der Waals surface area contributed by atoms with E-state index in [4.69, 9.17) is 4.74 Å². The molecule has 2 amide bonds. The summed E-state index contributed by atoms with van der Waals surface area (Å²) in [5.41, 5.74) is 1.71. The van der Waals surface area contributed by atoms with Gasteiger partial charge in [0.1, 0.15) is 18.1 Å². The number of carbonyl (C=O) groups excluding carboxylic acids is 2. The third kappa shape index (κ3) is 3.97. The van der Waals surface area contributed by atoms with Gasteiger partial charge in [0.25, 0.3) is 5.91 Å². The number of ether oxygens (including phenoxy) is 1. The maximum atomic E-state index is 12.4. The van der Waals surface area contributed by atoms with Crippen molar-refractivity contribution < 1.29 is 19.4 Å². The van der Waals surface area contributed by atoms with Crippen LogP contribution in [0.25, 0.3) is 0 Å². The normalized spacial score (nSPS) is 15.5. The Morgan fingerprint density at radius 3 is 2.70 bits per heavy atom. The first-order valence-electron chi connectivity index (χ1n) is 8.66. The number of phenolic OH excluding ortho intramolecular Hbond substituents is 1. The Balaban J connectivity index is 1.73. The Morgan fingerprint density at radius 2 is 2.00 bits per heavy atom. The lowest BCUT2D eigenvalue weighted by Gasteiger charge is -2.35. The number of rotatable bonds is 4. The third-order valence-corrected chi connectivity index (χ3v) is 4.57. The number of nitrogens with one attached hydrogen (secondary N) is 1. The van der Waals surface area contributed by atoms with Gasteiger partial charge < -0.3 is 25.0 Å². The lowest BCUT2D eigenvalue weighted by molar-refractivity contribution is -0.116. The number of fused-ring (bicyclic) bond motifs is 1. The number of phenols is 1. The fourth-order valence-corrected chi connectivity index (χ4v) is 2.99. The largest absolute Gasteiger partial charge is 0.506 e. The van der Waals surface area contributed by atoms with Gasteiger partial charge in [0, 0.05) is 26.7 Å². The Kier molecular flexibility index (Phi) is 5.21. The van der Waals surface area contributed by atoms with Crippen molar-refractivity contribution in [3.05, 3.63) is 48.0 Å². The first-order valence-corrected chi connectivity index (χ1v) is 8.66. The second-order valence-electron chi connectivity index (χ2n) is 6.73. The zero-order valence-electron chi connectivity index (χ0n) is 15.6. The summed E-state index contributed by atoms with van der Waals surface area (Å²) in [6.07, 6.45) is 0.191. The molecule has 7 nitrogen and oxygen atoms in total. The van der Waals surface area contributed by atoms with Crippen LogP contribution in [0.2, 0.25) is 0 Å². The summed E-state index contributed by atoms with van der Waals surface area (Å²) in [4.78, 5) is 28.1. The first-order chi connectivity index (χ1) is 12.9. The van der Waals surface area contributed by atoms with Crippen LogP contribution >= 0.6 is 0 Å². The number of likely N-dealkylation sites (N-methyl/N-ethyl adjacent to an activating group) is 1. The summed E-state index contributed by atoms with van der Waals surface area (Å²) < 4.78 is 5.78. The maximum absolute atomic E-state index is 12.4. The molecule has 1 heterocycles. The smallest absolute Gasteiger partial charge is 0.253 e. The predicted molar refractivity (Wildman–Crippen MR) is 103 cm³/mol. The van der Waals surface area contributed by atoms with Gasteiger partial charge in [-0.15, -0.1) is 0 Å². The summed E-state index contributed by atoms with van der Waals surface area (Å²) in [6, 6.07) is 11.7. The van der Waals surface area contributed by atoms with Gasteiger partial charge in [-0.05, 0) is 30.3 Å². The SMILES string of the molecule is CN(C)C(=O)c1ccc2c(c1)N(C)C(CC(=O)Nc1ccccc1O)CO2. The number of benzene rings is 2. The van der Waals surface area contributed by atoms with Crippen molar-refractivity contribution in [3.63, 3.8) is 0 Å². The molecular weight excluding hydrogens is 346 g/mol. The fourth-order valence-electron chi connectivity index (χ4n) is 2.99. The molecule has 3 rings (SSSR count). The van der Waals surface area contributed by atoms with Crippen LogP contribution in [0.4, 0.5) is 11.4 Å². The average Bonchev–Trinajstić information content (AvgIpc) is 2.65. The Morgan fingerprint density at radius 1 is 1.26 bits per heavy atom. The molecule has 27 heavy (non-hydrogen) atoms.